The fourth-order valence-electron chi connectivity index (χ4n) is 2.34. The summed E-state index contributed by atoms with van der Waals surface area (Å²) in [6.45, 7) is 0. The van der Waals surface area contributed by atoms with Crippen molar-refractivity contribution in [1.82, 2.24) is 9.97 Å². The second-order valence-corrected chi connectivity index (χ2v) is 4.70. The molecule has 0 saturated heterocycles. The number of nitrogens with zero attached hydrogens (tertiary/aromatic N) is 1. The lowest BCUT2D eigenvalue weighted by Crippen LogP contribution is -1.96. The zero-order chi connectivity index (χ0) is 13.8. The maximum atomic E-state index is 13.5. The Balaban J connectivity index is 1.90. The van der Waals surface area contributed by atoms with Crippen molar-refractivity contribution in [2.24, 2.45) is 0 Å². The number of imidazole rings is 1. The summed E-state index contributed by atoms with van der Waals surface area (Å²) >= 11 is 0. The third kappa shape index (κ3) is 2.77. The van der Waals surface area contributed by atoms with Crippen LogP contribution in [0.1, 0.15) is 11.4 Å². The van der Waals surface area contributed by atoms with Crippen LogP contribution in [0.5, 0.6) is 0 Å². The van der Waals surface area contributed by atoms with Crippen LogP contribution in [-0.4, -0.2) is 9.97 Å². The van der Waals surface area contributed by atoms with E-state index in [1.165, 1.54) is 6.07 Å². The van der Waals surface area contributed by atoms with Crippen LogP contribution in [0, 0.1) is 5.82 Å². The number of aryl methyl sites for hydroxylation is 2. The molecule has 0 atom stereocenters. The van der Waals surface area contributed by atoms with Gasteiger partial charge in [-0.05, 0) is 35.2 Å². The van der Waals surface area contributed by atoms with E-state index in [1.807, 2.05) is 42.6 Å². The molecule has 1 heterocycles. The normalized spacial score (nSPS) is 10.7. The van der Waals surface area contributed by atoms with Gasteiger partial charge in [0.05, 0.1) is 0 Å². The average Bonchev–Trinajstić information content (AvgIpc) is 3.00. The molecule has 3 aromatic rings. The smallest absolute Gasteiger partial charge is 0.123 e. The Morgan fingerprint density at radius 2 is 1.85 bits per heavy atom. The third-order valence-corrected chi connectivity index (χ3v) is 3.34. The lowest BCUT2D eigenvalue weighted by molar-refractivity contribution is 0.627. The van der Waals surface area contributed by atoms with Gasteiger partial charge < -0.3 is 4.98 Å². The molecular formula is C17H15FN2. The number of benzene rings is 2. The second kappa shape index (κ2) is 5.70. The quantitative estimate of drug-likeness (QED) is 0.759. The Hall–Kier alpha value is -2.42. The molecule has 20 heavy (non-hydrogen) atoms. The number of rotatable bonds is 4. The van der Waals surface area contributed by atoms with Crippen molar-refractivity contribution in [3.8, 4) is 11.1 Å². The number of aromatic amines is 1. The monoisotopic (exact) mass is 266 g/mol. The second-order valence-electron chi connectivity index (χ2n) is 4.70. The Kier molecular flexibility index (Phi) is 3.59. The van der Waals surface area contributed by atoms with Gasteiger partial charge in [-0.3, -0.25) is 0 Å². The molecule has 0 saturated carbocycles. The number of hydrogen-bond donors (Lipinski definition) is 1. The first-order valence-corrected chi connectivity index (χ1v) is 6.65. The number of H-pyrrole nitrogens is 1. The van der Waals surface area contributed by atoms with Crippen LogP contribution in [0.4, 0.5) is 4.39 Å². The van der Waals surface area contributed by atoms with Crippen molar-refractivity contribution in [3.63, 3.8) is 0 Å². The molecule has 0 unspecified atom stereocenters. The molecule has 0 aliphatic carbocycles. The van der Waals surface area contributed by atoms with Crippen LogP contribution in [0.2, 0.25) is 0 Å². The van der Waals surface area contributed by atoms with Gasteiger partial charge in [0.25, 0.3) is 0 Å². The topological polar surface area (TPSA) is 28.7 Å². The van der Waals surface area contributed by atoms with E-state index in [2.05, 4.69) is 9.97 Å². The summed E-state index contributed by atoms with van der Waals surface area (Å²) in [4.78, 5) is 7.31. The van der Waals surface area contributed by atoms with Crippen LogP contribution in [0.15, 0.2) is 60.9 Å². The summed E-state index contributed by atoms with van der Waals surface area (Å²) in [5.74, 6) is 0.749. The zero-order valence-corrected chi connectivity index (χ0v) is 11.0. The largest absolute Gasteiger partial charge is 0.349 e. The van der Waals surface area contributed by atoms with E-state index in [1.54, 1.807) is 12.3 Å². The minimum atomic E-state index is -0.203. The van der Waals surface area contributed by atoms with Crippen LogP contribution in [-0.2, 0) is 12.8 Å². The maximum absolute atomic E-state index is 13.5. The van der Waals surface area contributed by atoms with E-state index < -0.39 is 0 Å². The van der Waals surface area contributed by atoms with E-state index in [0.717, 1.165) is 35.4 Å². The first-order valence-electron chi connectivity index (χ1n) is 6.65. The van der Waals surface area contributed by atoms with Crippen molar-refractivity contribution >= 4 is 0 Å². The standard InChI is InChI=1S/C17H15FN2/c18-15-8-6-14(7-9-17-19-10-11-20-17)16(12-15)13-4-2-1-3-5-13/h1-6,8,10-12H,7,9H2,(H,19,20). The van der Waals surface area contributed by atoms with Gasteiger partial charge in [-0.2, -0.15) is 0 Å². The van der Waals surface area contributed by atoms with Gasteiger partial charge in [-0.15, -0.1) is 0 Å². The molecule has 0 fully saturated rings. The average molecular weight is 266 g/mol. The van der Waals surface area contributed by atoms with Gasteiger partial charge in [0.15, 0.2) is 0 Å². The SMILES string of the molecule is Fc1ccc(CCc2ncc[nH]2)c(-c2ccccc2)c1. The maximum Gasteiger partial charge on any atom is 0.123 e. The van der Waals surface area contributed by atoms with Crippen LogP contribution in [0.3, 0.4) is 0 Å². The predicted octanol–water partition coefficient (Wildman–Crippen LogP) is 4.00. The molecule has 0 radical (unpaired) electrons. The Labute approximate surface area is 117 Å². The summed E-state index contributed by atoms with van der Waals surface area (Å²) in [5, 5.41) is 0. The first kappa shape index (κ1) is 12.6. The minimum Gasteiger partial charge on any atom is -0.349 e. The lowest BCUT2D eigenvalue weighted by Gasteiger charge is -2.09. The van der Waals surface area contributed by atoms with E-state index >= 15 is 0 Å². The fourth-order valence-corrected chi connectivity index (χ4v) is 2.34. The van der Waals surface area contributed by atoms with Gasteiger partial charge in [0.1, 0.15) is 11.6 Å². The molecule has 100 valence electrons. The summed E-state index contributed by atoms with van der Waals surface area (Å²) in [7, 11) is 0. The molecule has 3 rings (SSSR count). The molecule has 2 aromatic carbocycles. The molecule has 0 amide bonds. The summed E-state index contributed by atoms with van der Waals surface area (Å²) in [5.41, 5.74) is 3.13. The van der Waals surface area contributed by atoms with Gasteiger partial charge in [0.2, 0.25) is 0 Å². The van der Waals surface area contributed by atoms with Gasteiger partial charge in [-0.1, -0.05) is 36.4 Å². The van der Waals surface area contributed by atoms with Gasteiger partial charge in [0, 0.05) is 18.8 Å². The minimum absolute atomic E-state index is 0.203. The first-order chi connectivity index (χ1) is 9.83. The Morgan fingerprint density at radius 3 is 2.60 bits per heavy atom. The van der Waals surface area contributed by atoms with Crippen molar-refractivity contribution < 1.29 is 4.39 Å². The zero-order valence-electron chi connectivity index (χ0n) is 11.0. The molecule has 0 aliphatic rings. The highest BCUT2D eigenvalue weighted by atomic mass is 19.1. The molecular weight excluding hydrogens is 251 g/mol. The molecule has 0 spiro atoms. The molecule has 3 heteroatoms. The van der Waals surface area contributed by atoms with E-state index in [-0.39, 0.29) is 5.82 Å². The lowest BCUT2D eigenvalue weighted by atomic mass is 9.96. The van der Waals surface area contributed by atoms with E-state index in [0.29, 0.717) is 0 Å². The van der Waals surface area contributed by atoms with Crippen LogP contribution >= 0.6 is 0 Å². The predicted molar refractivity (Wildman–Crippen MR) is 77.8 cm³/mol. The third-order valence-electron chi connectivity index (χ3n) is 3.34. The van der Waals surface area contributed by atoms with E-state index in [4.69, 9.17) is 0 Å². The molecule has 2 nitrogen and oxygen atoms in total. The number of aromatic nitrogens is 2. The molecule has 1 aromatic heterocycles. The number of halogens is 1. The van der Waals surface area contributed by atoms with E-state index in [9.17, 15) is 4.39 Å². The van der Waals surface area contributed by atoms with Crippen molar-refractivity contribution in [1.29, 1.82) is 0 Å². The molecule has 1 N–H and O–H groups in total. The highest BCUT2D eigenvalue weighted by Crippen LogP contribution is 2.25. The highest BCUT2D eigenvalue weighted by Gasteiger charge is 2.07. The van der Waals surface area contributed by atoms with Crippen molar-refractivity contribution in [2.45, 2.75) is 12.8 Å². The fraction of sp³-hybridized carbons (Fsp3) is 0.118. The van der Waals surface area contributed by atoms with Gasteiger partial charge in [-0.25, -0.2) is 9.37 Å². The summed E-state index contributed by atoms with van der Waals surface area (Å²) in [6.07, 6.45) is 5.21. The van der Waals surface area contributed by atoms with Crippen molar-refractivity contribution in [2.75, 3.05) is 0 Å². The van der Waals surface area contributed by atoms with Crippen LogP contribution in [0.25, 0.3) is 11.1 Å². The Morgan fingerprint density at radius 1 is 1.00 bits per heavy atom. The number of nitrogens with one attached hydrogen (secondary N) is 1. The number of hydrogen-bond acceptors (Lipinski definition) is 1. The Bertz CT molecular complexity index is 675. The molecule has 0 aliphatic heterocycles. The van der Waals surface area contributed by atoms with Crippen LogP contribution < -0.4 is 0 Å². The van der Waals surface area contributed by atoms with Crippen molar-refractivity contribution in [3.05, 3.63) is 78.1 Å². The van der Waals surface area contributed by atoms with Gasteiger partial charge >= 0.3 is 0 Å². The highest BCUT2D eigenvalue weighted by molar-refractivity contribution is 5.67. The molecule has 0 bridgehead atoms. The summed E-state index contributed by atoms with van der Waals surface area (Å²) < 4.78 is 13.5. The summed E-state index contributed by atoms with van der Waals surface area (Å²) in [6, 6.07) is 14.9.